The van der Waals surface area contributed by atoms with Crippen LogP contribution in [0.4, 0.5) is 0 Å². The molecule has 1 amide bonds. The van der Waals surface area contributed by atoms with Crippen LogP contribution in [-0.4, -0.2) is 108 Å². The number of benzene rings is 2. The zero-order valence-electron chi connectivity index (χ0n) is 42.2. The lowest BCUT2D eigenvalue weighted by Gasteiger charge is -2.62. The summed E-state index contributed by atoms with van der Waals surface area (Å²) >= 11 is 0. The quantitative estimate of drug-likeness (QED) is 0.0871. The second-order valence-corrected chi connectivity index (χ2v) is 21.9. The number of fused-ring (bicyclic) bond motifs is 6. The van der Waals surface area contributed by atoms with Crippen LogP contribution in [0.25, 0.3) is 11.8 Å². The summed E-state index contributed by atoms with van der Waals surface area (Å²) in [6, 6.07) is 7.46. The van der Waals surface area contributed by atoms with E-state index in [-0.39, 0.29) is 42.5 Å². The van der Waals surface area contributed by atoms with Gasteiger partial charge >= 0.3 is 11.9 Å². The fraction of sp³-hybridized carbons (Fsp3) is 0.509. The van der Waals surface area contributed by atoms with Crippen LogP contribution >= 0.6 is 0 Å². The summed E-state index contributed by atoms with van der Waals surface area (Å²) in [5.41, 5.74) is 2.24. The highest BCUT2D eigenvalue weighted by atomic mass is 16.6. The third kappa shape index (κ3) is 7.22. The highest BCUT2D eigenvalue weighted by Crippen LogP contribution is 2.74. The van der Waals surface area contributed by atoms with E-state index in [0.717, 1.165) is 25.1 Å². The highest BCUT2D eigenvalue weighted by molar-refractivity contribution is 6.31. The van der Waals surface area contributed by atoms with Crippen LogP contribution < -0.4 is 14.2 Å². The van der Waals surface area contributed by atoms with Gasteiger partial charge < -0.3 is 33.5 Å². The molecule has 5 heterocycles. The number of aliphatic imine (C=N–C) groups is 1. The van der Waals surface area contributed by atoms with Gasteiger partial charge in [-0.2, -0.15) is 0 Å². The summed E-state index contributed by atoms with van der Waals surface area (Å²) in [5, 5.41) is 0. The summed E-state index contributed by atoms with van der Waals surface area (Å²) < 4.78 is 34.2. The Morgan fingerprint density at radius 2 is 1.61 bits per heavy atom. The van der Waals surface area contributed by atoms with Crippen LogP contribution in [-0.2, 0) is 35.1 Å². The third-order valence-corrected chi connectivity index (χ3v) is 16.3. The zero-order chi connectivity index (χ0) is 49.8. The number of allylic oxidation sites excluding steroid dienone is 4. The lowest BCUT2D eigenvalue weighted by atomic mass is 9.43. The molecule has 0 N–H and O–H groups in total. The van der Waals surface area contributed by atoms with E-state index in [1.807, 2.05) is 78.1 Å². The van der Waals surface area contributed by atoms with Crippen LogP contribution in [0.3, 0.4) is 0 Å². The van der Waals surface area contributed by atoms with E-state index in [4.69, 9.17) is 28.7 Å². The molecule has 3 saturated carbocycles. The normalized spacial score (nSPS) is 29.4. The number of methoxy groups -OCH3 is 1. The van der Waals surface area contributed by atoms with Crippen molar-refractivity contribution >= 4 is 46.9 Å². The Hall–Kier alpha value is -5.92. The Balaban J connectivity index is 1.24. The minimum Gasteiger partial charge on any atom is -0.482 e. The number of carbonyl (C=O) groups excluding carboxylic acids is 5. The van der Waals surface area contributed by atoms with E-state index in [0.29, 0.717) is 94.2 Å². The minimum absolute atomic E-state index is 0.0173. The number of hydrogen-bond donors (Lipinski definition) is 0. The topological polar surface area (TPSA) is 150 Å². The Kier molecular flexibility index (Phi) is 11.7. The van der Waals surface area contributed by atoms with Crippen LogP contribution in [0.15, 0.2) is 75.9 Å². The van der Waals surface area contributed by atoms with Gasteiger partial charge in [0.25, 0.3) is 0 Å². The fourth-order valence-corrected chi connectivity index (χ4v) is 12.9. The van der Waals surface area contributed by atoms with Crippen molar-refractivity contribution in [2.45, 2.75) is 123 Å². The molecule has 0 aromatic heterocycles. The van der Waals surface area contributed by atoms with Crippen LogP contribution in [0.5, 0.6) is 17.2 Å². The number of rotatable bonds is 12. The number of amides is 1. The monoisotopic (exact) mass is 951 g/mol. The molecule has 13 heteroatoms. The second kappa shape index (κ2) is 17.1. The van der Waals surface area contributed by atoms with Crippen molar-refractivity contribution in [1.82, 2.24) is 9.80 Å². The van der Waals surface area contributed by atoms with Crippen LogP contribution in [0.1, 0.15) is 127 Å². The Morgan fingerprint density at radius 3 is 2.31 bits per heavy atom. The summed E-state index contributed by atoms with van der Waals surface area (Å²) in [7, 11) is 3.35. The third-order valence-electron chi connectivity index (χ3n) is 16.3. The van der Waals surface area contributed by atoms with Crippen molar-refractivity contribution in [3.8, 4) is 17.2 Å². The van der Waals surface area contributed by atoms with Gasteiger partial charge in [0.2, 0.25) is 5.91 Å². The average Bonchev–Trinajstić information content (AvgIpc) is 3.68. The van der Waals surface area contributed by atoms with Crippen molar-refractivity contribution in [3.63, 3.8) is 0 Å². The lowest BCUT2D eigenvalue weighted by Crippen LogP contribution is -2.75. The van der Waals surface area contributed by atoms with Crippen molar-refractivity contribution < 1.29 is 47.7 Å². The summed E-state index contributed by atoms with van der Waals surface area (Å²) in [6.45, 7) is 18.5. The summed E-state index contributed by atoms with van der Waals surface area (Å²) in [6.07, 6.45) is 11.9. The number of carbonyl (C=O) groups is 5. The smallest absolute Gasteiger partial charge is 0.333 e. The van der Waals surface area contributed by atoms with Crippen molar-refractivity contribution in [3.05, 3.63) is 98.7 Å². The minimum atomic E-state index is -1.67. The first-order chi connectivity index (χ1) is 33.3. The van der Waals surface area contributed by atoms with Gasteiger partial charge in [-0.1, -0.05) is 53.6 Å². The molecule has 13 nitrogen and oxygen atoms in total. The number of Topliss-reactive ketones (excluding diaryl/α,β-unsaturated/α-hetero) is 2. The van der Waals surface area contributed by atoms with E-state index >= 15 is 4.79 Å². The highest BCUT2D eigenvalue weighted by Gasteiger charge is 2.84. The van der Waals surface area contributed by atoms with Gasteiger partial charge in [0.1, 0.15) is 17.1 Å². The molecule has 11 rings (SSSR count). The molecule has 7 unspecified atom stereocenters. The Labute approximate surface area is 410 Å². The maximum Gasteiger partial charge on any atom is 0.333 e. The van der Waals surface area contributed by atoms with Crippen molar-refractivity contribution in [2.24, 2.45) is 28.7 Å². The molecule has 5 fully saturated rings. The molecule has 2 saturated heterocycles. The Morgan fingerprint density at radius 1 is 0.900 bits per heavy atom. The predicted molar refractivity (Wildman–Crippen MR) is 265 cm³/mol. The van der Waals surface area contributed by atoms with Gasteiger partial charge in [0.05, 0.1) is 47.6 Å². The molecule has 368 valence electrons. The molecular weight excluding hydrogens is 887 g/mol. The van der Waals surface area contributed by atoms with E-state index in [1.54, 1.807) is 17.9 Å². The van der Waals surface area contributed by atoms with E-state index in [1.165, 1.54) is 12.7 Å². The van der Waals surface area contributed by atoms with E-state index in [2.05, 4.69) is 30.9 Å². The number of piperazine rings is 1. The molecule has 7 atom stereocenters. The molecule has 5 aliphatic heterocycles. The first-order valence-corrected chi connectivity index (χ1v) is 25.0. The Bertz CT molecular complexity index is 2850. The average molecular weight is 952 g/mol. The van der Waals surface area contributed by atoms with Gasteiger partial charge in [-0.05, 0) is 100 Å². The number of ether oxygens (including phenoxy) is 5. The van der Waals surface area contributed by atoms with Crippen LogP contribution in [0.2, 0.25) is 0 Å². The molecule has 4 bridgehead atoms. The predicted octanol–water partition coefficient (Wildman–Crippen LogP) is 8.62. The number of nitrogens with zero attached hydrogens (tertiary/aromatic N) is 3. The number of likely N-dealkylation sites (N-methyl/N-ethyl adjacent to an activating group) is 1. The van der Waals surface area contributed by atoms with E-state index < -0.39 is 58.0 Å². The van der Waals surface area contributed by atoms with Crippen molar-refractivity contribution in [1.29, 1.82) is 0 Å². The fourth-order valence-electron chi connectivity index (χ4n) is 12.9. The molecule has 2 aromatic carbocycles. The molecule has 0 radical (unpaired) electrons. The molecule has 2 aromatic rings. The first-order valence-electron chi connectivity index (χ1n) is 25.0. The molecule has 4 aliphatic carbocycles. The van der Waals surface area contributed by atoms with Gasteiger partial charge in [-0.15, -0.1) is 0 Å². The molecular formula is C57H65N3O10. The molecule has 70 heavy (non-hydrogen) atoms. The standard InChI is InChI=1S/C57H65N3O10/c1-31(2)14-13-23-55(8)24-22-37-49(68-55)36(18-17-32(3)4)51-44(50(37)67-41(62)20-19-40(61)60-28-26-59(9)27-29-60)47-45-42(43-46(58-47)34-15-11-12-16-35(34)48(43)63)38-30-39-54(6,7)70-56(52(38)64,57(39,45)69-51)25-21-33(5)53(65)66-10/h11-12,14-17,21-22,24,38-39,42-43H,13,18-20,23,25-30H2,1-10H3/b33-21-. The van der Waals surface area contributed by atoms with Gasteiger partial charge in [0.15, 0.2) is 28.5 Å². The largest absolute Gasteiger partial charge is 0.482 e. The van der Waals surface area contributed by atoms with Gasteiger partial charge in [0, 0.05) is 84.6 Å². The van der Waals surface area contributed by atoms with E-state index in [9.17, 15) is 19.2 Å². The SMILES string of the molecule is COC(=O)/C(C)=C\CC12OC(C)(C)C3CC(C1=O)C1C4=C(N=C5c6ccccc6C(=O)C51)c1c(OC(=O)CCC(=O)N5CCN(C)CC5)c5c(c(CC=C(C)C)c1OC432)OC(C)(CCC=C(C)C)C=C5. The first kappa shape index (κ1) is 47.7. The molecule has 9 aliphatic rings. The van der Waals surface area contributed by atoms with Gasteiger partial charge in [-0.25, -0.2) is 4.79 Å². The lowest BCUT2D eigenvalue weighted by molar-refractivity contribution is -0.183. The zero-order valence-corrected chi connectivity index (χ0v) is 42.2. The second-order valence-electron chi connectivity index (χ2n) is 21.9. The summed E-state index contributed by atoms with van der Waals surface area (Å²) in [4.78, 5) is 81.4. The number of hydrogen-bond acceptors (Lipinski definition) is 12. The number of esters is 2. The summed E-state index contributed by atoms with van der Waals surface area (Å²) in [5.74, 6) is -3.07. The maximum absolute atomic E-state index is 15.9. The van der Waals surface area contributed by atoms with Crippen molar-refractivity contribution in [2.75, 3.05) is 40.3 Å². The number of ketones is 2. The molecule has 1 spiro atoms. The maximum atomic E-state index is 15.9. The van der Waals surface area contributed by atoms with Gasteiger partial charge in [-0.3, -0.25) is 24.2 Å². The van der Waals surface area contributed by atoms with Crippen LogP contribution in [0, 0.1) is 23.7 Å².